The Hall–Kier alpha value is -1.22. The van der Waals surface area contributed by atoms with Gasteiger partial charge in [-0.15, -0.1) is 0 Å². The molecule has 1 aliphatic rings. The van der Waals surface area contributed by atoms with Gasteiger partial charge in [-0.3, -0.25) is 9.78 Å². The third-order valence-corrected chi connectivity index (χ3v) is 2.77. The predicted octanol–water partition coefficient (Wildman–Crippen LogP) is 1.62. The third-order valence-electron chi connectivity index (χ3n) is 2.77. The quantitative estimate of drug-likeness (QED) is 0.752. The van der Waals surface area contributed by atoms with Gasteiger partial charge in [0.25, 0.3) is 0 Å². The zero-order valence-electron chi connectivity index (χ0n) is 8.69. The molecule has 0 radical (unpaired) electrons. The topological polar surface area (TPSA) is 39.2 Å². The van der Waals surface area contributed by atoms with Crippen LogP contribution in [0, 0.1) is 5.92 Å². The van der Waals surface area contributed by atoms with Gasteiger partial charge in [0.1, 0.15) is 5.78 Å². The molecule has 1 aliphatic heterocycles. The van der Waals surface area contributed by atoms with E-state index in [1.54, 1.807) is 6.20 Å². The number of ether oxygens (including phenoxy) is 1. The maximum Gasteiger partial charge on any atom is 0.140 e. The van der Waals surface area contributed by atoms with Gasteiger partial charge >= 0.3 is 0 Å². The molecule has 1 aromatic rings. The van der Waals surface area contributed by atoms with Crippen molar-refractivity contribution in [1.82, 2.24) is 4.98 Å². The molecule has 0 bridgehead atoms. The number of rotatable bonds is 3. The van der Waals surface area contributed by atoms with E-state index in [0.717, 1.165) is 12.8 Å². The van der Waals surface area contributed by atoms with E-state index in [-0.39, 0.29) is 5.92 Å². The molecule has 1 saturated heterocycles. The number of nitrogens with zero attached hydrogens (tertiary/aromatic N) is 1. The van der Waals surface area contributed by atoms with Gasteiger partial charge in [0, 0.05) is 24.7 Å². The van der Waals surface area contributed by atoms with Crippen molar-refractivity contribution < 1.29 is 9.53 Å². The molecular formula is C12H15NO2. The number of carbonyl (C=O) groups is 1. The summed E-state index contributed by atoms with van der Waals surface area (Å²) >= 11 is 0. The minimum atomic E-state index is 0.0963. The van der Waals surface area contributed by atoms with E-state index in [9.17, 15) is 4.79 Å². The first kappa shape index (κ1) is 10.3. The Morgan fingerprint density at radius 3 is 3.20 bits per heavy atom. The maximum absolute atomic E-state index is 11.5. The molecule has 2 rings (SSSR count). The summed E-state index contributed by atoms with van der Waals surface area (Å²) in [7, 11) is 0. The summed E-state index contributed by atoms with van der Waals surface area (Å²) in [6.07, 6.45) is 5.99. The van der Waals surface area contributed by atoms with Crippen LogP contribution in [0.25, 0.3) is 0 Å². The number of aryl methyl sites for hydroxylation is 1. The average molecular weight is 205 g/mol. The summed E-state index contributed by atoms with van der Waals surface area (Å²) in [5, 5.41) is 0. The molecule has 0 amide bonds. The Bertz CT molecular complexity index is 324. The molecule has 0 saturated carbocycles. The van der Waals surface area contributed by atoms with Crippen LogP contribution in [0.3, 0.4) is 0 Å². The van der Waals surface area contributed by atoms with Crippen molar-refractivity contribution in [3.8, 4) is 0 Å². The van der Waals surface area contributed by atoms with Crippen LogP contribution >= 0.6 is 0 Å². The molecule has 0 N–H and O–H groups in total. The molecule has 0 spiro atoms. The van der Waals surface area contributed by atoms with Crippen LogP contribution in [0.1, 0.15) is 18.4 Å². The average Bonchev–Trinajstić information content (AvgIpc) is 2.29. The Morgan fingerprint density at radius 2 is 2.47 bits per heavy atom. The van der Waals surface area contributed by atoms with E-state index in [4.69, 9.17) is 4.74 Å². The van der Waals surface area contributed by atoms with Crippen LogP contribution < -0.4 is 0 Å². The zero-order chi connectivity index (χ0) is 10.5. The van der Waals surface area contributed by atoms with Gasteiger partial charge in [0.15, 0.2) is 0 Å². The molecule has 1 atom stereocenters. The van der Waals surface area contributed by atoms with Gasteiger partial charge in [-0.05, 0) is 24.5 Å². The lowest BCUT2D eigenvalue weighted by atomic mass is 9.94. The van der Waals surface area contributed by atoms with Crippen LogP contribution in [0.5, 0.6) is 0 Å². The lowest BCUT2D eigenvalue weighted by molar-refractivity contribution is -0.130. The van der Waals surface area contributed by atoms with Crippen molar-refractivity contribution in [3.05, 3.63) is 30.1 Å². The van der Waals surface area contributed by atoms with E-state index in [0.29, 0.717) is 25.4 Å². The summed E-state index contributed by atoms with van der Waals surface area (Å²) in [5.74, 6) is 0.448. The van der Waals surface area contributed by atoms with E-state index in [2.05, 4.69) is 4.98 Å². The van der Waals surface area contributed by atoms with Crippen LogP contribution in [0.15, 0.2) is 24.5 Å². The minimum Gasteiger partial charge on any atom is -0.380 e. The minimum absolute atomic E-state index is 0.0963. The van der Waals surface area contributed by atoms with Gasteiger partial charge in [-0.1, -0.05) is 6.07 Å². The van der Waals surface area contributed by atoms with Crippen LogP contribution in [-0.4, -0.2) is 24.0 Å². The number of carbonyl (C=O) groups excluding carboxylic acids is 1. The second kappa shape index (κ2) is 5.03. The van der Waals surface area contributed by atoms with Crippen molar-refractivity contribution in [2.45, 2.75) is 19.3 Å². The molecular weight excluding hydrogens is 190 g/mol. The van der Waals surface area contributed by atoms with Crippen LogP contribution in [0.4, 0.5) is 0 Å². The van der Waals surface area contributed by atoms with Crippen molar-refractivity contribution in [2.24, 2.45) is 5.92 Å². The van der Waals surface area contributed by atoms with Gasteiger partial charge in [0.05, 0.1) is 13.2 Å². The highest BCUT2D eigenvalue weighted by Crippen LogP contribution is 2.16. The van der Waals surface area contributed by atoms with Crippen molar-refractivity contribution >= 4 is 5.78 Å². The monoisotopic (exact) mass is 205 g/mol. The zero-order valence-corrected chi connectivity index (χ0v) is 8.69. The standard InChI is InChI=1S/C12H15NO2/c14-12-5-7-15-9-11(12)4-3-10-2-1-6-13-8-10/h1-2,6,8,11H,3-5,7,9H2. The second-order valence-electron chi connectivity index (χ2n) is 3.89. The Kier molecular flexibility index (Phi) is 3.45. The highest BCUT2D eigenvalue weighted by atomic mass is 16.5. The SMILES string of the molecule is O=C1CCOCC1CCc1cccnc1. The highest BCUT2D eigenvalue weighted by molar-refractivity contribution is 5.81. The van der Waals surface area contributed by atoms with Gasteiger partial charge < -0.3 is 4.74 Å². The summed E-state index contributed by atoms with van der Waals surface area (Å²) in [6.45, 7) is 1.20. The smallest absolute Gasteiger partial charge is 0.140 e. The van der Waals surface area contributed by atoms with E-state index in [1.165, 1.54) is 5.56 Å². The fraction of sp³-hybridized carbons (Fsp3) is 0.500. The summed E-state index contributed by atoms with van der Waals surface area (Å²) in [4.78, 5) is 15.6. The number of aromatic nitrogens is 1. The largest absolute Gasteiger partial charge is 0.380 e. The number of Topliss-reactive ketones (excluding diaryl/α,β-unsaturated/α-hetero) is 1. The first-order chi connectivity index (χ1) is 7.36. The molecule has 1 unspecified atom stereocenters. The normalized spacial score (nSPS) is 21.6. The maximum atomic E-state index is 11.5. The third kappa shape index (κ3) is 2.86. The van der Waals surface area contributed by atoms with Crippen LogP contribution in [0.2, 0.25) is 0 Å². The molecule has 3 nitrogen and oxygen atoms in total. The predicted molar refractivity (Wildman–Crippen MR) is 56.5 cm³/mol. The molecule has 80 valence electrons. The molecule has 1 aromatic heterocycles. The van der Waals surface area contributed by atoms with Gasteiger partial charge in [0.2, 0.25) is 0 Å². The fourth-order valence-electron chi connectivity index (χ4n) is 1.83. The molecule has 0 aliphatic carbocycles. The fourth-order valence-corrected chi connectivity index (χ4v) is 1.83. The van der Waals surface area contributed by atoms with E-state index in [1.807, 2.05) is 18.3 Å². The lowest BCUT2D eigenvalue weighted by Gasteiger charge is -2.20. The first-order valence-corrected chi connectivity index (χ1v) is 5.35. The van der Waals surface area contributed by atoms with E-state index >= 15 is 0 Å². The summed E-state index contributed by atoms with van der Waals surface area (Å²) in [5.41, 5.74) is 1.19. The van der Waals surface area contributed by atoms with Gasteiger partial charge in [-0.2, -0.15) is 0 Å². The van der Waals surface area contributed by atoms with Crippen LogP contribution in [-0.2, 0) is 16.0 Å². The number of hydrogen-bond donors (Lipinski definition) is 0. The summed E-state index contributed by atoms with van der Waals surface area (Å²) in [6, 6.07) is 3.97. The molecule has 3 heteroatoms. The Labute approximate surface area is 89.5 Å². The van der Waals surface area contributed by atoms with Crippen molar-refractivity contribution in [2.75, 3.05) is 13.2 Å². The van der Waals surface area contributed by atoms with Crippen molar-refractivity contribution in [1.29, 1.82) is 0 Å². The summed E-state index contributed by atoms with van der Waals surface area (Å²) < 4.78 is 5.30. The second-order valence-corrected chi connectivity index (χ2v) is 3.89. The number of hydrogen-bond acceptors (Lipinski definition) is 3. The highest BCUT2D eigenvalue weighted by Gasteiger charge is 2.22. The van der Waals surface area contributed by atoms with E-state index < -0.39 is 0 Å². The first-order valence-electron chi connectivity index (χ1n) is 5.35. The molecule has 0 aromatic carbocycles. The number of ketones is 1. The number of pyridine rings is 1. The Balaban J connectivity index is 1.85. The van der Waals surface area contributed by atoms with Gasteiger partial charge in [-0.25, -0.2) is 0 Å². The molecule has 15 heavy (non-hydrogen) atoms. The lowest BCUT2D eigenvalue weighted by Crippen LogP contribution is -2.27. The molecule has 2 heterocycles. The molecule has 1 fully saturated rings. The Morgan fingerprint density at radius 1 is 1.53 bits per heavy atom. The van der Waals surface area contributed by atoms with Crippen molar-refractivity contribution in [3.63, 3.8) is 0 Å².